The van der Waals surface area contributed by atoms with Crippen LogP contribution in [0.15, 0.2) is 0 Å². The lowest BCUT2D eigenvalue weighted by Gasteiger charge is -2.03. The van der Waals surface area contributed by atoms with E-state index in [0.29, 0.717) is 25.4 Å². The van der Waals surface area contributed by atoms with Crippen molar-refractivity contribution in [3.8, 4) is 0 Å². The molecule has 86 valence electrons. The lowest BCUT2D eigenvalue weighted by Crippen LogP contribution is -2.12. The maximum absolute atomic E-state index is 11.6. The van der Waals surface area contributed by atoms with Crippen molar-refractivity contribution in [2.75, 3.05) is 6.61 Å². The Morgan fingerprint density at radius 2 is 2.00 bits per heavy atom. The maximum Gasteiger partial charge on any atom is 0.309 e. The number of carbonyl (C=O) groups excluding carboxylic acids is 2. The first-order chi connectivity index (χ1) is 7.06. The minimum Gasteiger partial charge on any atom is -0.466 e. The van der Waals surface area contributed by atoms with Gasteiger partial charge in [-0.25, -0.2) is 0 Å². The SMILES string of the molecule is CCOC(=O)[C@H]1C[C@@H]1C(=O)CCC(C)C. The van der Waals surface area contributed by atoms with Gasteiger partial charge < -0.3 is 4.74 Å². The molecule has 1 rings (SSSR count). The van der Waals surface area contributed by atoms with E-state index >= 15 is 0 Å². The number of ketones is 1. The van der Waals surface area contributed by atoms with Crippen molar-refractivity contribution in [2.24, 2.45) is 17.8 Å². The monoisotopic (exact) mass is 212 g/mol. The maximum atomic E-state index is 11.6. The summed E-state index contributed by atoms with van der Waals surface area (Å²) in [5.41, 5.74) is 0. The molecule has 3 heteroatoms. The van der Waals surface area contributed by atoms with E-state index in [1.165, 1.54) is 0 Å². The fraction of sp³-hybridized carbons (Fsp3) is 0.833. The molecule has 1 fully saturated rings. The first kappa shape index (κ1) is 12.2. The average molecular weight is 212 g/mol. The molecule has 0 aliphatic heterocycles. The zero-order chi connectivity index (χ0) is 11.4. The number of esters is 1. The Morgan fingerprint density at radius 3 is 2.53 bits per heavy atom. The van der Waals surface area contributed by atoms with Crippen LogP contribution in [0.2, 0.25) is 0 Å². The summed E-state index contributed by atoms with van der Waals surface area (Å²) in [5, 5.41) is 0. The molecule has 0 N–H and O–H groups in total. The highest BCUT2D eigenvalue weighted by Gasteiger charge is 2.48. The highest BCUT2D eigenvalue weighted by Crippen LogP contribution is 2.41. The Bertz CT molecular complexity index is 245. The molecule has 0 radical (unpaired) electrons. The summed E-state index contributed by atoms with van der Waals surface area (Å²) in [6, 6.07) is 0. The van der Waals surface area contributed by atoms with Crippen LogP contribution in [-0.4, -0.2) is 18.4 Å². The van der Waals surface area contributed by atoms with E-state index in [1.54, 1.807) is 6.92 Å². The molecule has 0 unspecified atom stereocenters. The van der Waals surface area contributed by atoms with Crippen LogP contribution in [-0.2, 0) is 14.3 Å². The topological polar surface area (TPSA) is 43.4 Å². The zero-order valence-corrected chi connectivity index (χ0v) is 9.79. The Hall–Kier alpha value is -0.860. The number of rotatable bonds is 6. The largest absolute Gasteiger partial charge is 0.466 e. The molecule has 3 nitrogen and oxygen atoms in total. The van der Waals surface area contributed by atoms with Crippen molar-refractivity contribution in [3.63, 3.8) is 0 Å². The highest BCUT2D eigenvalue weighted by molar-refractivity contribution is 5.91. The molecule has 0 bridgehead atoms. The van der Waals surface area contributed by atoms with Crippen molar-refractivity contribution >= 4 is 11.8 Å². The van der Waals surface area contributed by atoms with E-state index in [-0.39, 0.29) is 23.6 Å². The van der Waals surface area contributed by atoms with Gasteiger partial charge in [0.1, 0.15) is 5.78 Å². The molecular formula is C12H20O3. The van der Waals surface area contributed by atoms with Crippen LogP contribution < -0.4 is 0 Å². The fourth-order valence-electron chi connectivity index (χ4n) is 1.68. The summed E-state index contributed by atoms with van der Waals surface area (Å²) in [7, 11) is 0. The van der Waals surface area contributed by atoms with Gasteiger partial charge in [0, 0.05) is 12.3 Å². The van der Waals surface area contributed by atoms with Gasteiger partial charge in [-0.1, -0.05) is 13.8 Å². The van der Waals surface area contributed by atoms with E-state index < -0.39 is 0 Å². The third-order valence-electron chi connectivity index (χ3n) is 2.76. The predicted molar refractivity (Wildman–Crippen MR) is 57.3 cm³/mol. The van der Waals surface area contributed by atoms with Crippen LogP contribution in [0.25, 0.3) is 0 Å². The van der Waals surface area contributed by atoms with Crippen molar-refractivity contribution in [1.82, 2.24) is 0 Å². The van der Waals surface area contributed by atoms with E-state index in [0.717, 1.165) is 6.42 Å². The molecule has 0 heterocycles. The molecule has 2 atom stereocenters. The minimum atomic E-state index is -0.194. The van der Waals surface area contributed by atoms with Gasteiger partial charge in [-0.05, 0) is 25.7 Å². The van der Waals surface area contributed by atoms with Gasteiger partial charge in [0.2, 0.25) is 0 Å². The molecule has 0 saturated heterocycles. The second-order valence-electron chi connectivity index (χ2n) is 4.60. The summed E-state index contributed by atoms with van der Waals surface area (Å²) in [5.74, 6) is 0.420. The average Bonchev–Trinajstić information content (AvgIpc) is 2.94. The van der Waals surface area contributed by atoms with E-state index in [2.05, 4.69) is 13.8 Å². The Balaban J connectivity index is 2.24. The van der Waals surface area contributed by atoms with Gasteiger partial charge in [0.25, 0.3) is 0 Å². The van der Waals surface area contributed by atoms with E-state index in [4.69, 9.17) is 4.74 Å². The van der Waals surface area contributed by atoms with Gasteiger partial charge in [0.15, 0.2) is 0 Å². The lowest BCUT2D eigenvalue weighted by atomic mass is 10.0. The number of carbonyl (C=O) groups is 2. The fourth-order valence-corrected chi connectivity index (χ4v) is 1.68. The molecule has 0 aromatic heterocycles. The summed E-state index contributed by atoms with van der Waals surface area (Å²) < 4.78 is 4.88. The Kier molecular flexibility index (Phi) is 4.30. The lowest BCUT2D eigenvalue weighted by molar-refractivity contribution is -0.145. The van der Waals surface area contributed by atoms with E-state index in [9.17, 15) is 9.59 Å². The summed E-state index contributed by atoms with van der Waals surface area (Å²) >= 11 is 0. The zero-order valence-electron chi connectivity index (χ0n) is 9.79. The van der Waals surface area contributed by atoms with Gasteiger partial charge in [-0.3, -0.25) is 9.59 Å². The molecule has 0 spiro atoms. The van der Waals surface area contributed by atoms with Crippen LogP contribution in [0.4, 0.5) is 0 Å². The van der Waals surface area contributed by atoms with Gasteiger partial charge in [-0.2, -0.15) is 0 Å². The smallest absolute Gasteiger partial charge is 0.309 e. The third kappa shape index (κ3) is 3.65. The molecule has 15 heavy (non-hydrogen) atoms. The molecular weight excluding hydrogens is 192 g/mol. The standard InChI is InChI=1S/C12H20O3/c1-4-15-12(14)10-7-9(10)11(13)6-5-8(2)3/h8-10H,4-7H2,1-3H3/t9-,10-/m0/s1. The summed E-state index contributed by atoms with van der Waals surface area (Å²) in [6.07, 6.45) is 2.23. The van der Waals surface area contributed by atoms with Crippen LogP contribution >= 0.6 is 0 Å². The number of hydrogen-bond acceptors (Lipinski definition) is 3. The molecule has 1 saturated carbocycles. The highest BCUT2D eigenvalue weighted by atomic mass is 16.5. The van der Waals surface area contributed by atoms with Crippen LogP contribution in [0, 0.1) is 17.8 Å². The second kappa shape index (κ2) is 5.29. The van der Waals surface area contributed by atoms with Crippen LogP contribution in [0.3, 0.4) is 0 Å². The second-order valence-corrected chi connectivity index (χ2v) is 4.60. The molecule has 0 aromatic rings. The van der Waals surface area contributed by atoms with Gasteiger partial charge >= 0.3 is 5.97 Å². The Labute approximate surface area is 91.2 Å². The van der Waals surface area contributed by atoms with E-state index in [1.807, 2.05) is 0 Å². The molecule has 1 aliphatic rings. The number of hydrogen-bond donors (Lipinski definition) is 0. The van der Waals surface area contributed by atoms with Crippen molar-refractivity contribution < 1.29 is 14.3 Å². The van der Waals surface area contributed by atoms with Crippen molar-refractivity contribution in [3.05, 3.63) is 0 Å². The van der Waals surface area contributed by atoms with Crippen LogP contribution in [0.5, 0.6) is 0 Å². The number of Topliss-reactive ketones (excluding diaryl/α,β-unsaturated/α-hetero) is 1. The first-order valence-electron chi connectivity index (χ1n) is 5.75. The first-order valence-corrected chi connectivity index (χ1v) is 5.75. The van der Waals surface area contributed by atoms with Gasteiger partial charge in [0.05, 0.1) is 12.5 Å². The minimum absolute atomic E-state index is 0.0391. The predicted octanol–water partition coefficient (Wildman–Crippen LogP) is 2.19. The third-order valence-corrected chi connectivity index (χ3v) is 2.76. The van der Waals surface area contributed by atoms with Crippen molar-refractivity contribution in [1.29, 1.82) is 0 Å². The molecule has 1 aliphatic carbocycles. The normalized spacial score (nSPS) is 24.0. The Morgan fingerprint density at radius 1 is 1.33 bits per heavy atom. The van der Waals surface area contributed by atoms with Crippen molar-refractivity contribution in [2.45, 2.75) is 40.0 Å². The molecule has 0 aromatic carbocycles. The summed E-state index contributed by atoms with van der Waals surface area (Å²) in [6.45, 7) is 6.39. The molecule has 0 amide bonds. The van der Waals surface area contributed by atoms with Gasteiger partial charge in [-0.15, -0.1) is 0 Å². The quantitative estimate of drug-likeness (QED) is 0.634. The number of ether oxygens (including phenoxy) is 1. The van der Waals surface area contributed by atoms with Crippen LogP contribution in [0.1, 0.15) is 40.0 Å². The summed E-state index contributed by atoms with van der Waals surface area (Å²) in [4.78, 5) is 22.9.